The van der Waals surface area contributed by atoms with E-state index < -0.39 is 0 Å². The lowest BCUT2D eigenvalue weighted by Crippen LogP contribution is -2.42. The van der Waals surface area contributed by atoms with Crippen LogP contribution in [-0.2, 0) is 6.54 Å². The van der Waals surface area contributed by atoms with Crippen LogP contribution in [0.25, 0.3) is 0 Å². The molecule has 2 aromatic heterocycles. The van der Waals surface area contributed by atoms with Crippen molar-refractivity contribution in [2.75, 3.05) is 37.4 Å². The Bertz CT molecular complexity index is 672. The van der Waals surface area contributed by atoms with Gasteiger partial charge in [0.25, 0.3) is 0 Å². The second kappa shape index (κ2) is 7.57. The minimum Gasteiger partial charge on any atom is -0.366 e. The van der Waals surface area contributed by atoms with Gasteiger partial charge in [-0.25, -0.2) is 4.98 Å². The van der Waals surface area contributed by atoms with Gasteiger partial charge in [0.1, 0.15) is 5.82 Å². The van der Waals surface area contributed by atoms with Gasteiger partial charge >= 0.3 is 0 Å². The first-order valence-electron chi connectivity index (χ1n) is 8.51. The molecule has 6 heteroatoms. The normalized spacial score (nSPS) is 18.4. The molecule has 1 aliphatic rings. The van der Waals surface area contributed by atoms with E-state index in [9.17, 15) is 0 Å². The van der Waals surface area contributed by atoms with Gasteiger partial charge in [-0.15, -0.1) is 0 Å². The van der Waals surface area contributed by atoms with Crippen LogP contribution in [0, 0.1) is 6.92 Å². The Morgan fingerprint density at radius 1 is 1.25 bits per heavy atom. The Balaban J connectivity index is 1.61. The molecular weight excluding hydrogens is 300 g/mol. The quantitative estimate of drug-likeness (QED) is 0.910. The average molecular weight is 326 g/mol. The lowest BCUT2D eigenvalue weighted by atomic mass is 10.0. The van der Waals surface area contributed by atoms with Gasteiger partial charge in [0, 0.05) is 45.6 Å². The number of nitrogens with zero attached hydrogens (tertiary/aromatic N) is 5. The van der Waals surface area contributed by atoms with E-state index in [4.69, 9.17) is 0 Å². The maximum absolute atomic E-state index is 4.56. The van der Waals surface area contributed by atoms with Gasteiger partial charge < -0.3 is 10.2 Å². The second-order valence-electron chi connectivity index (χ2n) is 6.62. The minimum atomic E-state index is 0.410. The lowest BCUT2D eigenvalue weighted by molar-refractivity contribution is 0.206. The molecule has 128 valence electrons. The average Bonchev–Trinajstić information content (AvgIpc) is 2.57. The summed E-state index contributed by atoms with van der Waals surface area (Å²) in [6.07, 6.45) is 6.04. The third-order valence-corrected chi connectivity index (χ3v) is 4.39. The van der Waals surface area contributed by atoms with Crippen LogP contribution in [0.4, 0.5) is 11.8 Å². The lowest BCUT2D eigenvalue weighted by Gasteiger charge is -2.33. The van der Waals surface area contributed by atoms with Crippen LogP contribution in [-0.4, -0.2) is 53.1 Å². The highest BCUT2D eigenvalue weighted by Crippen LogP contribution is 2.18. The molecule has 1 saturated heterocycles. The molecule has 0 spiro atoms. The van der Waals surface area contributed by atoms with E-state index >= 15 is 0 Å². The number of pyridine rings is 1. The van der Waals surface area contributed by atoms with Crippen molar-refractivity contribution < 1.29 is 0 Å². The molecule has 1 unspecified atom stereocenters. The van der Waals surface area contributed by atoms with Gasteiger partial charge in [-0.3, -0.25) is 9.88 Å². The van der Waals surface area contributed by atoms with Gasteiger partial charge in [-0.05, 0) is 44.0 Å². The first-order chi connectivity index (χ1) is 11.6. The van der Waals surface area contributed by atoms with E-state index in [0.717, 1.165) is 31.4 Å². The molecule has 0 bridgehead atoms. The molecule has 1 atom stereocenters. The Hall–Kier alpha value is -2.21. The van der Waals surface area contributed by atoms with Gasteiger partial charge in [-0.1, -0.05) is 6.07 Å². The van der Waals surface area contributed by atoms with Crippen molar-refractivity contribution in [1.82, 2.24) is 19.9 Å². The molecule has 1 fully saturated rings. The molecule has 1 N–H and O–H groups in total. The topological polar surface area (TPSA) is 57.2 Å². The Morgan fingerprint density at radius 3 is 2.92 bits per heavy atom. The third kappa shape index (κ3) is 4.20. The smallest absolute Gasteiger partial charge is 0.226 e. The zero-order valence-corrected chi connectivity index (χ0v) is 14.7. The van der Waals surface area contributed by atoms with Crippen LogP contribution in [0.15, 0.2) is 30.6 Å². The number of hydrogen-bond donors (Lipinski definition) is 1. The SMILES string of the molecule is Cc1cccnc1CN1CCCC(Nc2ccnc(N(C)C)n2)C1. The number of nitrogens with one attached hydrogen (secondary N) is 1. The Labute approximate surface area is 143 Å². The van der Waals surface area contributed by atoms with Crippen LogP contribution >= 0.6 is 0 Å². The summed E-state index contributed by atoms with van der Waals surface area (Å²) < 4.78 is 0. The minimum absolute atomic E-state index is 0.410. The molecule has 3 heterocycles. The molecule has 6 nitrogen and oxygen atoms in total. The van der Waals surface area contributed by atoms with E-state index in [1.807, 2.05) is 43.5 Å². The van der Waals surface area contributed by atoms with Gasteiger partial charge in [-0.2, -0.15) is 4.98 Å². The van der Waals surface area contributed by atoms with Crippen LogP contribution in [0.2, 0.25) is 0 Å². The van der Waals surface area contributed by atoms with Crippen molar-refractivity contribution in [3.05, 3.63) is 41.9 Å². The summed E-state index contributed by atoms with van der Waals surface area (Å²) in [5.74, 6) is 1.63. The van der Waals surface area contributed by atoms with Crippen LogP contribution in [0.3, 0.4) is 0 Å². The zero-order valence-electron chi connectivity index (χ0n) is 14.7. The van der Waals surface area contributed by atoms with E-state index in [1.165, 1.54) is 24.1 Å². The van der Waals surface area contributed by atoms with Crippen molar-refractivity contribution in [2.24, 2.45) is 0 Å². The number of aryl methyl sites for hydroxylation is 1. The Morgan fingerprint density at radius 2 is 2.12 bits per heavy atom. The summed E-state index contributed by atoms with van der Waals surface area (Å²) in [4.78, 5) is 17.8. The monoisotopic (exact) mass is 326 g/mol. The molecule has 0 amide bonds. The molecule has 0 saturated carbocycles. The molecule has 0 radical (unpaired) electrons. The third-order valence-electron chi connectivity index (χ3n) is 4.39. The van der Waals surface area contributed by atoms with Gasteiger partial charge in [0.15, 0.2) is 0 Å². The summed E-state index contributed by atoms with van der Waals surface area (Å²) in [5, 5.41) is 3.57. The van der Waals surface area contributed by atoms with Crippen LogP contribution < -0.4 is 10.2 Å². The summed E-state index contributed by atoms with van der Waals surface area (Å²) in [5.41, 5.74) is 2.44. The molecule has 1 aliphatic heterocycles. The molecular formula is C18H26N6. The number of rotatable bonds is 5. The first-order valence-corrected chi connectivity index (χ1v) is 8.51. The molecule has 0 aliphatic carbocycles. The van der Waals surface area contributed by atoms with Crippen molar-refractivity contribution in [1.29, 1.82) is 0 Å². The summed E-state index contributed by atoms with van der Waals surface area (Å²) in [6.45, 7) is 5.18. The predicted molar refractivity (Wildman–Crippen MR) is 97.3 cm³/mol. The highest BCUT2D eigenvalue weighted by atomic mass is 15.2. The summed E-state index contributed by atoms with van der Waals surface area (Å²) in [7, 11) is 3.91. The number of piperidine rings is 1. The number of likely N-dealkylation sites (tertiary alicyclic amines) is 1. The standard InChI is InChI=1S/C18H26N6/c1-14-6-4-9-19-16(14)13-24-11-5-7-15(12-24)21-17-8-10-20-18(22-17)23(2)3/h4,6,8-10,15H,5,7,11-13H2,1-3H3,(H,20,21,22). The highest BCUT2D eigenvalue weighted by molar-refractivity contribution is 5.41. The molecule has 2 aromatic rings. The summed E-state index contributed by atoms with van der Waals surface area (Å²) in [6, 6.07) is 6.48. The number of hydrogen-bond acceptors (Lipinski definition) is 6. The fourth-order valence-electron chi connectivity index (χ4n) is 3.07. The van der Waals surface area contributed by atoms with E-state index in [2.05, 4.69) is 38.2 Å². The Kier molecular flexibility index (Phi) is 5.25. The van der Waals surface area contributed by atoms with Gasteiger partial charge in [0.2, 0.25) is 5.95 Å². The molecule has 0 aromatic carbocycles. The van der Waals surface area contributed by atoms with Gasteiger partial charge in [0.05, 0.1) is 5.69 Å². The number of anilines is 2. The van der Waals surface area contributed by atoms with Crippen molar-refractivity contribution in [3.63, 3.8) is 0 Å². The zero-order chi connectivity index (χ0) is 16.9. The van der Waals surface area contributed by atoms with Crippen molar-refractivity contribution in [3.8, 4) is 0 Å². The van der Waals surface area contributed by atoms with E-state index in [0.29, 0.717) is 6.04 Å². The summed E-state index contributed by atoms with van der Waals surface area (Å²) >= 11 is 0. The predicted octanol–water partition coefficient (Wildman–Crippen LogP) is 2.32. The fourth-order valence-corrected chi connectivity index (χ4v) is 3.07. The molecule has 24 heavy (non-hydrogen) atoms. The van der Waals surface area contributed by atoms with Crippen LogP contribution in [0.5, 0.6) is 0 Å². The maximum atomic E-state index is 4.56. The number of aromatic nitrogens is 3. The second-order valence-corrected chi connectivity index (χ2v) is 6.62. The fraction of sp³-hybridized carbons (Fsp3) is 0.500. The maximum Gasteiger partial charge on any atom is 0.226 e. The van der Waals surface area contributed by atoms with Crippen LogP contribution in [0.1, 0.15) is 24.1 Å². The van der Waals surface area contributed by atoms with E-state index in [1.54, 1.807) is 0 Å². The highest BCUT2D eigenvalue weighted by Gasteiger charge is 2.21. The van der Waals surface area contributed by atoms with E-state index in [-0.39, 0.29) is 0 Å². The largest absolute Gasteiger partial charge is 0.366 e. The first kappa shape index (κ1) is 16.6. The van der Waals surface area contributed by atoms with Crippen molar-refractivity contribution >= 4 is 11.8 Å². The van der Waals surface area contributed by atoms with Crippen molar-refractivity contribution in [2.45, 2.75) is 32.4 Å². The molecule has 3 rings (SSSR count).